The molecule has 0 bridgehead atoms. The standard InChI is InChI=1S/C28H31N9O2/c29-26-24-25(17-4-9-23-22(14-17)27(34-33-23)32-18-2-1-3-21(38)15-18)35-37(28(24)31-16-30-26)20-7-5-19(6-8-20)36-10-12-39-13-11-36/h1-4,9,14-16,19-20,38H,5-8,10-13H2,(H2,29,30,31)(H2,32,33,34). The Balaban J connectivity index is 1.22. The van der Waals surface area contributed by atoms with E-state index in [4.69, 9.17) is 15.6 Å². The van der Waals surface area contributed by atoms with Gasteiger partial charge in [-0.05, 0) is 49.9 Å². The lowest BCUT2D eigenvalue weighted by atomic mass is 9.90. The number of phenols is 1. The maximum Gasteiger partial charge on any atom is 0.164 e. The summed E-state index contributed by atoms with van der Waals surface area (Å²) in [5.74, 6) is 1.27. The molecule has 11 nitrogen and oxygen atoms in total. The van der Waals surface area contributed by atoms with Gasteiger partial charge < -0.3 is 20.9 Å². The zero-order valence-electron chi connectivity index (χ0n) is 21.5. The summed E-state index contributed by atoms with van der Waals surface area (Å²) in [7, 11) is 0. The van der Waals surface area contributed by atoms with Crippen molar-refractivity contribution in [3.63, 3.8) is 0 Å². The van der Waals surface area contributed by atoms with Gasteiger partial charge in [0.1, 0.15) is 23.6 Å². The second-order valence-corrected chi connectivity index (χ2v) is 10.4. The van der Waals surface area contributed by atoms with Gasteiger partial charge in [-0.3, -0.25) is 10.00 Å². The maximum atomic E-state index is 9.86. The molecule has 11 heteroatoms. The molecule has 5 aromatic rings. The van der Waals surface area contributed by atoms with E-state index in [1.165, 1.54) is 6.33 Å². The van der Waals surface area contributed by atoms with Gasteiger partial charge in [-0.1, -0.05) is 12.1 Å². The van der Waals surface area contributed by atoms with Crippen LogP contribution in [0.25, 0.3) is 33.2 Å². The Bertz CT molecular complexity index is 1630. The number of anilines is 3. The fourth-order valence-electron chi connectivity index (χ4n) is 6.04. The van der Waals surface area contributed by atoms with Crippen LogP contribution in [-0.2, 0) is 4.74 Å². The maximum absolute atomic E-state index is 9.86. The predicted octanol–water partition coefficient (Wildman–Crippen LogP) is 4.22. The molecular formula is C28H31N9O2. The van der Waals surface area contributed by atoms with Crippen molar-refractivity contribution in [3.05, 3.63) is 48.8 Å². The fraction of sp³-hybridized carbons (Fsp3) is 0.357. The molecule has 2 fully saturated rings. The molecule has 2 aliphatic rings. The van der Waals surface area contributed by atoms with E-state index in [0.717, 1.165) is 90.9 Å². The average Bonchev–Trinajstić information content (AvgIpc) is 3.56. The number of aromatic hydroxyl groups is 1. The molecule has 39 heavy (non-hydrogen) atoms. The van der Waals surface area contributed by atoms with Crippen molar-refractivity contribution >= 4 is 39.3 Å². The average molecular weight is 526 g/mol. The number of benzene rings is 2. The molecule has 1 saturated carbocycles. The molecule has 4 heterocycles. The molecule has 200 valence electrons. The first-order valence-electron chi connectivity index (χ1n) is 13.5. The summed E-state index contributed by atoms with van der Waals surface area (Å²) in [6.07, 6.45) is 5.87. The van der Waals surface area contributed by atoms with Crippen molar-refractivity contribution in [1.29, 1.82) is 0 Å². The topological polar surface area (TPSA) is 143 Å². The number of fused-ring (bicyclic) bond motifs is 2. The molecule has 0 unspecified atom stereocenters. The smallest absolute Gasteiger partial charge is 0.164 e. The van der Waals surface area contributed by atoms with Crippen LogP contribution in [0.1, 0.15) is 31.7 Å². The van der Waals surface area contributed by atoms with E-state index in [2.05, 4.69) is 41.1 Å². The first kappa shape index (κ1) is 23.9. The summed E-state index contributed by atoms with van der Waals surface area (Å²) >= 11 is 0. The number of nitrogens with one attached hydrogen (secondary N) is 2. The van der Waals surface area contributed by atoms with Gasteiger partial charge in [0.2, 0.25) is 0 Å². The third-order valence-electron chi connectivity index (χ3n) is 8.04. The number of nitrogen functional groups attached to an aromatic ring is 1. The molecule has 1 aliphatic heterocycles. The summed E-state index contributed by atoms with van der Waals surface area (Å²) in [4.78, 5) is 11.5. The van der Waals surface area contributed by atoms with Gasteiger partial charge in [0.15, 0.2) is 11.5 Å². The van der Waals surface area contributed by atoms with E-state index < -0.39 is 0 Å². The van der Waals surface area contributed by atoms with E-state index in [0.29, 0.717) is 17.7 Å². The van der Waals surface area contributed by atoms with Crippen LogP contribution in [0.4, 0.5) is 17.3 Å². The van der Waals surface area contributed by atoms with Gasteiger partial charge in [-0.15, -0.1) is 0 Å². The van der Waals surface area contributed by atoms with E-state index >= 15 is 0 Å². The van der Waals surface area contributed by atoms with Crippen LogP contribution in [0, 0.1) is 0 Å². The number of H-pyrrole nitrogens is 1. The monoisotopic (exact) mass is 525 g/mol. The molecule has 2 aromatic carbocycles. The number of rotatable bonds is 5. The summed E-state index contributed by atoms with van der Waals surface area (Å²) < 4.78 is 7.62. The van der Waals surface area contributed by atoms with E-state index in [9.17, 15) is 5.11 Å². The number of phenolic OH excluding ortho intramolecular Hbond substituents is 1. The van der Waals surface area contributed by atoms with Gasteiger partial charge in [0, 0.05) is 41.8 Å². The number of ether oxygens (including phenoxy) is 1. The highest BCUT2D eigenvalue weighted by Gasteiger charge is 2.30. The Hall–Kier alpha value is -4.22. The predicted molar refractivity (Wildman–Crippen MR) is 150 cm³/mol. The molecule has 0 radical (unpaired) electrons. The molecule has 0 atom stereocenters. The van der Waals surface area contributed by atoms with Crippen molar-refractivity contribution in [2.24, 2.45) is 0 Å². The Morgan fingerprint density at radius 3 is 2.64 bits per heavy atom. The largest absolute Gasteiger partial charge is 0.508 e. The Morgan fingerprint density at radius 2 is 1.82 bits per heavy atom. The number of aromatic amines is 1. The SMILES string of the molecule is Nc1ncnc2c1c(-c1ccc3[nH]nc(Nc4cccc(O)c4)c3c1)nn2C1CCC(N2CCOCC2)CC1. The highest BCUT2D eigenvalue weighted by Crippen LogP contribution is 2.38. The number of aromatic nitrogens is 6. The van der Waals surface area contributed by atoms with Gasteiger partial charge in [0.05, 0.1) is 30.2 Å². The van der Waals surface area contributed by atoms with E-state index in [-0.39, 0.29) is 11.8 Å². The van der Waals surface area contributed by atoms with Gasteiger partial charge >= 0.3 is 0 Å². The van der Waals surface area contributed by atoms with Crippen molar-refractivity contribution in [2.45, 2.75) is 37.8 Å². The molecule has 7 rings (SSSR count). The third-order valence-corrected chi connectivity index (χ3v) is 8.04. The minimum atomic E-state index is 0.187. The summed E-state index contributed by atoms with van der Waals surface area (Å²) in [5.41, 5.74) is 10.5. The second kappa shape index (κ2) is 9.83. The molecule has 5 N–H and O–H groups in total. The molecular weight excluding hydrogens is 494 g/mol. The molecule has 1 saturated heterocycles. The Morgan fingerprint density at radius 1 is 1.00 bits per heavy atom. The van der Waals surface area contributed by atoms with Crippen LogP contribution in [0.2, 0.25) is 0 Å². The molecule has 0 spiro atoms. The lowest BCUT2D eigenvalue weighted by Gasteiger charge is -2.38. The highest BCUT2D eigenvalue weighted by atomic mass is 16.5. The molecule has 0 amide bonds. The first-order chi connectivity index (χ1) is 19.1. The first-order valence-corrected chi connectivity index (χ1v) is 13.5. The van der Waals surface area contributed by atoms with Crippen molar-refractivity contribution < 1.29 is 9.84 Å². The minimum Gasteiger partial charge on any atom is -0.508 e. The van der Waals surface area contributed by atoms with E-state index in [1.54, 1.807) is 18.2 Å². The van der Waals surface area contributed by atoms with Crippen LogP contribution in [-0.4, -0.2) is 72.3 Å². The van der Waals surface area contributed by atoms with Crippen LogP contribution >= 0.6 is 0 Å². The van der Waals surface area contributed by atoms with E-state index in [1.807, 2.05) is 18.2 Å². The number of hydrogen-bond acceptors (Lipinski definition) is 9. The summed E-state index contributed by atoms with van der Waals surface area (Å²) in [5, 5.41) is 27.5. The third kappa shape index (κ3) is 4.43. The number of morpholine rings is 1. The molecule has 3 aromatic heterocycles. The van der Waals surface area contributed by atoms with Gasteiger partial charge in [-0.2, -0.15) is 10.2 Å². The zero-order valence-corrected chi connectivity index (χ0v) is 21.5. The van der Waals surface area contributed by atoms with Crippen molar-refractivity contribution in [1.82, 2.24) is 34.8 Å². The summed E-state index contributed by atoms with van der Waals surface area (Å²) in [6, 6.07) is 13.9. The zero-order chi connectivity index (χ0) is 26.3. The van der Waals surface area contributed by atoms with Crippen LogP contribution < -0.4 is 11.1 Å². The fourth-order valence-corrected chi connectivity index (χ4v) is 6.04. The van der Waals surface area contributed by atoms with Gasteiger partial charge in [-0.25, -0.2) is 14.6 Å². The minimum absolute atomic E-state index is 0.187. The lowest BCUT2D eigenvalue weighted by Crippen LogP contribution is -2.45. The van der Waals surface area contributed by atoms with Crippen LogP contribution in [0.3, 0.4) is 0 Å². The van der Waals surface area contributed by atoms with Crippen LogP contribution in [0.15, 0.2) is 48.8 Å². The highest BCUT2D eigenvalue weighted by molar-refractivity contribution is 6.01. The Kier molecular flexibility index (Phi) is 6.01. The second-order valence-electron chi connectivity index (χ2n) is 10.4. The normalized spacial score (nSPS) is 20.5. The van der Waals surface area contributed by atoms with Crippen LogP contribution in [0.5, 0.6) is 5.75 Å². The van der Waals surface area contributed by atoms with Crippen molar-refractivity contribution in [2.75, 3.05) is 37.4 Å². The number of hydrogen-bond donors (Lipinski definition) is 4. The summed E-state index contributed by atoms with van der Waals surface area (Å²) in [6.45, 7) is 3.70. The quantitative estimate of drug-likeness (QED) is 0.265. The Labute approximate surface area is 225 Å². The lowest BCUT2D eigenvalue weighted by molar-refractivity contribution is 0.00520. The molecule has 1 aliphatic carbocycles. The number of nitrogens with two attached hydrogens (primary N) is 1. The number of nitrogens with zero attached hydrogens (tertiary/aromatic N) is 6. The van der Waals surface area contributed by atoms with Crippen molar-refractivity contribution in [3.8, 4) is 17.0 Å². The van der Waals surface area contributed by atoms with Gasteiger partial charge in [0.25, 0.3) is 0 Å².